The minimum atomic E-state index is -3.84. The number of carboxylic acid groups (broad SMARTS) is 1. The van der Waals surface area contributed by atoms with Crippen LogP contribution in [0.4, 0.5) is 4.39 Å². The summed E-state index contributed by atoms with van der Waals surface area (Å²) >= 11 is 0. The van der Waals surface area contributed by atoms with Crippen molar-refractivity contribution in [1.82, 2.24) is 10.0 Å². The molecule has 2 rings (SSSR count). The molecular formula is C17H23FN2O5S. The number of sulfonamides is 1. The standard InChI is InChI=1S/C17H23FN2O5S/c1-17(10-3-2-4-14(17)16(22)23)20-15(21)9-11-19-26(24,25)13-7-5-12(18)6-8-13/h5-8,14,19H,2-4,9-11H2,1H3,(H,20,21)(H,22,23). The second-order valence-corrected chi connectivity index (χ2v) is 8.47. The van der Waals surface area contributed by atoms with Crippen molar-refractivity contribution in [3.8, 4) is 0 Å². The van der Waals surface area contributed by atoms with E-state index >= 15 is 0 Å². The van der Waals surface area contributed by atoms with Crippen molar-refractivity contribution in [2.75, 3.05) is 6.54 Å². The van der Waals surface area contributed by atoms with Crippen LogP contribution in [0.5, 0.6) is 0 Å². The second kappa shape index (κ2) is 8.13. The molecule has 0 aromatic heterocycles. The molecule has 1 aromatic carbocycles. The molecule has 2 atom stereocenters. The Kier molecular flexibility index (Phi) is 6.35. The van der Waals surface area contributed by atoms with Crippen molar-refractivity contribution in [1.29, 1.82) is 0 Å². The molecule has 3 N–H and O–H groups in total. The van der Waals surface area contributed by atoms with Crippen molar-refractivity contribution in [3.63, 3.8) is 0 Å². The van der Waals surface area contributed by atoms with Gasteiger partial charge in [-0.1, -0.05) is 12.8 Å². The first-order valence-electron chi connectivity index (χ1n) is 8.43. The molecule has 1 aromatic rings. The van der Waals surface area contributed by atoms with Gasteiger partial charge in [-0.05, 0) is 44.0 Å². The van der Waals surface area contributed by atoms with Gasteiger partial charge in [0.05, 0.1) is 16.4 Å². The smallest absolute Gasteiger partial charge is 0.308 e. The van der Waals surface area contributed by atoms with E-state index in [0.717, 1.165) is 37.1 Å². The highest BCUT2D eigenvalue weighted by molar-refractivity contribution is 7.89. The summed E-state index contributed by atoms with van der Waals surface area (Å²) in [5.74, 6) is -2.56. The summed E-state index contributed by atoms with van der Waals surface area (Å²) in [6.07, 6.45) is 2.58. The van der Waals surface area contributed by atoms with Crippen molar-refractivity contribution in [2.45, 2.75) is 49.5 Å². The molecule has 0 saturated heterocycles. The molecule has 9 heteroatoms. The van der Waals surface area contributed by atoms with Gasteiger partial charge in [0, 0.05) is 13.0 Å². The summed E-state index contributed by atoms with van der Waals surface area (Å²) in [6.45, 7) is 1.57. The van der Waals surface area contributed by atoms with Crippen LogP contribution in [0, 0.1) is 11.7 Å². The highest BCUT2D eigenvalue weighted by atomic mass is 32.2. The first kappa shape index (κ1) is 20.3. The van der Waals surface area contributed by atoms with E-state index in [9.17, 15) is 27.5 Å². The van der Waals surface area contributed by atoms with E-state index in [2.05, 4.69) is 10.0 Å². The summed E-state index contributed by atoms with van der Waals surface area (Å²) in [5.41, 5.74) is -0.836. The molecule has 7 nitrogen and oxygen atoms in total. The number of hydrogen-bond donors (Lipinski definition) is 3. The van der Waals surface area contributed by atoms with Crippen LogP contribution in [0.25, 0.3) is 0 Å². The lowest BCUT2D eigenvalue weighted by atomic mass is 9.74. The highest BCUT2D eigenvalue weighted by Gasteiger charge is 2.42. The number of amides is 1. The second-order valence-electron chi connectivity index (χ2n) is 6.70. The summed E-state index contributed by atoms with van der Waals surface area (Å²) < 4.78 is 39.3. The normalized spacial score (nSPS) is 23.4. The molecule has 0 heterocycles. The molecule has 2 unspecified atom stereocenters. The quantitative estimate of drug-likeness (QED) is 0.659. The van der Waals surface area contributed by atoms with Gasteiger partial charge in [-0.3, -0.25) is 9.59 Å². The summed E-state index contributed by atoms with van der Waals surface area (Å²) in [7, 11) is -3.84. The third kappa shape index (κ3) is 5.01. The average Bonchev–Trinajstić information content (AvgIpc) is 2.54. The molecule has 26 heavy (non-hydrogen) atoms. The Hall–Kier alpha value is -2.00. The van der Waals surface area contributed by atoms with Gasteiger partial charge in [-0.2, -0.15) is 0 Å². The number of carboxylic acids is 1. The van der Waals surface area contributed by atoms with Gasteiger partial charge in [-0.15, -0.1) is 0 Å². The third-order valence-electron chi connectivity index (χ3n) is 4.70. The number of halogens is 1. The zero-order valence-electron chi connectivity index (χ0n) is 14.5. The first-order chi connectivity index (χ1) is 12.1. The molecule has 1 aliphatic rings. The van der Waals surface area contributed by atoms with Crippen LogP contribution in [-0.2, 0) is 19.6 Å². The monoisotopic (exact) mass is 386 g/mol. The molecule has 0 aliphatic heterocycles. The molecule has 144 valence electrons. The minimum absolute atomic E-state index is 0.0931. The van der Waals surface area contributed by atoms with Gasteiger partial charge in [0.2, 0.25) is 15.9 Å². The number of aliphatic carboxylic acids is 1. The largest absolute Gasteiger partial charge is 0.481 e. The number of carbonyl (C=O) groups is 2. The van der Waals surface area contributed by atoms with Crippen LogP contribution >= 0.6 is 0 Å². The van der Waals surface area contributed by atoms with Crippen LogP contribution in [-0.4, -0.2) is 37.5 Å². The minimum Gasteiger partial charge on any atom is -0.481 e. The van der Waals surface area contributed by atoms with Gasteiger partial charge in [-0.25, -0.2) is 17.5 Å². The first-order valence-corrected chi connectivity index (χ1v) is 9.91. The average molecular weight is 386 g/mol. The Balaban J connectivity index is 1.90. The van der Waals surface area contributed by atoms with Gasteiger partial charge in [0.1, 0.15) is 5.82 Å². The SMILES string of the molecule is CC1(NC(=O)CCNS(=O)(=O)c2ccc(F)cc2)CCCCC1C(=O)O. The van der Waals surface area contributed by atoms with Crippen molar-refractivity contribution >= 4 is 21.9 Å². The molecule has 1 amide bonds. The molecule has 0 spiro atoms. The van der Waals surface area contributed by atoms with Crippen LogP contribution in [0.15, 0.2) is 29.2 Å². The Labute approximate surface area is 152 Å². The molecular weight excluding hydrogens is 363 g/mol. The van der Waals surface area contributed by atoms with Crippen LogP contribution < -0.4 is 10.0 Å². The lowest BCUT2D eigenvalue weighted by Crippen LogP contribution is -2.55. The van der Waals surface area contributed by atoms with E-state index in [1.807, 2.05) is 0 Å². The third-order valence-corrected chi connectivity index (χ3v) is 6.18. The van der Waals surface area contributed by atoms with Crippen molar-refractivity contribution in [2.24, 2.45) is 5.92 Å². The number of hydrogen-bond acceptors (Lipinski definition) is 4. The fourth-order valence-electron chi connectivity index (χ4n) is 3.26. The van der Waals surface area contributed by atoms with Crippen molar-refractivity contribution in [3.05, 3.63) is 30.1 Å². The number of carbonyl (C=O) groups excluding carboxylic acids is 1. The molecule has 1 aliphatic carbocycles. The maximum Gasteiger partial charge on any atom is 0.308 e. The molecule has 1 fully saturated rings. The maximum atomic E-state index is 12.9. The highest BCUT2D eigenvalue weighted by Crippen LogP contribution is 2.33. The predicted octanol–water partition coefficient (Wildman–Crippen LogP) is 1.64. The molecule has 1 saturated carbocycles. The zero-order chi connectivity index (χ0) is 19.4. The van der Waals surface area contributed by atoms with E-state index in [0.29, 0.717) is 12.8 Å². The number of benzene rings is 1. The van der Waals surface area contributed by atoms with E-state index in [1.165, 1.54) is 0 Å². The van der Waals surface area contributed by atoms with E-state index in [-0.39, 0.29) is 17.9 Å². The van der Waals surface area contributed by atoms with Gasteiger partial charge >= 0.3 is 5.97 Å². The van der Waals surface area contributed by atoms with Gasteiger partial charge in [0.15, 0.2) is 0 Å². The lowest BCUT2D eigenvalue weighted by Gasteiger charge is -2.39. The summed E-state index contributed by atoms with van der Waals surface area (Å²) in [5, 5.41) is 12.1. The van der Waals surface area contributed by atoms with E-state index in [1.54, 1.807) is 6.92 Å². The topological polar surface area (TPSA) is 113 Å². The maximum absolute atomic E-state index is 12.9. The van der Waals surface area contributed by atoms with Crippen molar-refractivity contribution < 1.29 is 27.5 Å². The van der Waals surface area contributed by atoms with Crippen LogP contribution in [0.2, 0.25) is 0 Å². The van der Waals surface area contributed by atoms with E-state index in [4.69, 9.17) is 0 Å². The Bertz CT molecular complexity index is 766. The Morgan fingerprint density at radius 3 is 2.54 bits per heavy atom. The summed E-state index contributed by atoms with van der Waals surface area (Å²) in [6, 6.07) is 4.35. The van der Waals surface area contributed by atoms with E-state index < -0.39 is 39.2 Å². The predicted molar refractivity (Wildman–Crippen MR) is 92.3 cm³/mol. The molecule has 0 bridgehead atoms. The fraction of sp³-hybridized carbons (Fsp3) is 0.529. The Morgan fingerprint density at radius 2 is 1.92 bits per heavy atom. The van der Waals surface area contributed by atoms with Crippen LogP contribution in [0.3, 0.4) is 0 Å². The Morgan fingerprint density at radius 1 is 1.27 bits per heavy atom. The molecule has 0 radical (unpaired) electrons. The van der Waals surface area contributed by atoms with Crippen LogP contribution in [0.1, 0.15) is 39.0 Å². The lowest BCUT2D eigenvalue weighted by molar-refractivity contribution is -0.146. The fourth-order valence-corrected chi connectivity index (χ4v) is 4.29. The number of nitrogens with one attached hydrogen (secondary N) is 2. The van der Waals surface area contributed by atoms with Gasteiger partial charge in [0.25, 0.3) is 0 Å². The zero-order valence-corrected chi connectivity index (χ0v) is 15.3. The number of rotatable bonds is 7. The van der Waals surface area contributed by atoms with Gasteiger partial charge < -0.3 is 10.4 Å². The summed E-state index contributed by atoms with van der Waals surface area (Å²) in [4.78, 5) is 23.5.